The van der Waals surface area contributed by atoms with Gasteiger partial charge in [-0.3, -0.25) is 0 Å². The van der Waals surface area contributed by atoms with E-state index >= 15 is 0 Å². The minimum absolute atomic E-state index is 0.271. The monoisotopic (exact) mass is 374 g/mol. The molecule has 1 unspecified atom stereocenters. The maximum absolute atomic E-state index is 12.3. The second kappa shape index (κ2) is 6.79. The van der Waals surface area contributed by atoms with Crippen LogP contribution in [0.3, 0.4) is 0 Å². The molecule has 0 bridgehead atoms. The van der Waals surface area contributed by atoms with Gasteiger partial charge < -0.3 is 15.3 Å². The van der Waals surface area contributed by atoms with E-state index in [1.54, 1.807) is 11.3 Å². The molecule has 0 spiro atoms. The van der Waals surface area contributed by atoms with Crippen molar-refractivity contribution in [2.24, 2.45) is 0 Å². The summed E-state index contributed by atoms with van der Waals surface area (Å²) < 4.78 is 1.07. The van der Waals surface area contributed by atoms with Crippen molar-refractivity contribution < 1.29 is 14.7 Å². The van der Waals surface area contributed by atoms with Gasteiger partial charge >= 0.3 is 12.0 Å². The van der Waals surface area contributed by atoms with Crippen molar-refractivity contribution in [3.05, 3.63) is 20.8 Å². The number of nitrogens with zero attached hydrogens (tertiary/aromatic N) is 1. The molecule has 7 heteroatoms. The number of carbonyl (C=O) groups is 2. The topological polar surface area (TPSA) is 69.6 Å². The number of hydrogen-bond donors (Lipinski definition) is 2. The van der Waals surface area contributed by atoms with E-state index in [9.17, 15) is 14.7 Å². The Kier molecular flexibility index (Phi) is 5.27. The molecule has 1 atom stereocenters. The average molecular weight is 375 g/mol. The highest BCUT2D eigenvalue weighted by molar-refractivity contribution is 9.11. The van der Waals surface area contributed by atoms with Crippen LogP contribution < -0.4 is 5.32 Å². The number of urea groups is 1. The zero-order valence-corrected chi connectivity index (χ0v) is 14.3. The summed E-state index contributed by atoms with van der Waals surface area (Å²) >= 11 is 5.04. The van der Waals surface area contributed by atoms with Crippen LogP contribution in [0.2, 0.25) is 0 Å². The smallest absolute Gasteiger partial charge is 0.329 e. The Balaban J connectivity index is 1.91. The molecular formula is C14H19BrN2O3S. The van der Waals surface area contributed by atoms with Gasteiger partial charge in [0.05, 0.1) is 3.79 Å². The van der Waals surface area contributed by atoms with Gasteiger partial charge in [-0.25, -0.2) is 9.59 Å². The number of halogens is 1. The van der Waals surface area contributed by atoms with Crippen molar-refractivity contribution in [2.75, 3.05) is 13.1 Å². The molecule has 1 fully saturated rings. The maximum Gasteiger partial charge on any atom is 0.329 e. The van der Waals surface area contributed by atoms with Crippen LogP contribution in [0.4, 0.5) is 4.79 Å². The molecule has 1 aliphatic rings. The first kappa shape index (κ1) is 16.3. The van der Waals surface area contributed by atoms with Gasteiger partial charge in [0.1, 0.15) is 5.54 Å². The van der Waals surface area contributed by atoms with E-state index < -0.39 is 11.5 Å². The Hall–Kier alpha value is -1.08. The quantitative estimate of drug-likeness (QED) is 0.831. The lowest BCUT2D eigenvalue weighted by atomic mass is 9.93. The third kappa shape index (κ3) is 3.40. The second-order valence-electron chi connectivity index (χ2n) is 5.13. The molecule has 1 saturated heterocycles. The van der Waals surface area contributed by atoms with E-state index in [-0.39, 0.29) is 6.03 Å². The Morgan fingerprint density at radius 3 is 2.86 bits per heavy atom. The van der Waals surface area contributed by atoms with E-state index in [1.807, 2.05) is 19.1 Å². The molecule has 0 radical (unpaired) electrons. The predicted octanol–water partition coefficient (Wildman–Crippen LogP) is 3.09. The number of rotatable bonds is 5. The van der Waals surface area contributed by atoms with Gasteiger partial charge in [0.2, 0.25) is 0 Å². The maximum atomic E-state index is 12.3. The van der Waals surface area contributed by atoms with E-state index in [4.69, 9.17) is 0 Å². The Morgan fingerprint density at radius 1 is 1.52 bits per heavy atom. The van der Waals surface area contributed by atoms with Crippen LogP contribution in [0.15, 0.2) is 15.9 Å². The van der Waals surface area contributed by atoms with Crippen molar-refractivity contribution >= 4 is 39.3 Å². The van der Waals surface area contributed by atoms with Crippen molar-refractivity contribution in [3.8, 4) is 0 Å². The van der Waals surface area contributed by atoms with Crippen LogP contribution in [-0.2, 0) is 11.2 Å². The first-order valence-corrected chi connectivity index (χ1v) is 8.63. The van der Waals surface area contributed by atoms with Crippen LogP contribution in [0, 0.1) is 0 Å². The van der Waals surface area contributed by atoms with Crippen LogP contribution >= 0.6 is 27.3 Å². The lowest BCUT2D eigenvalue weighted by Gasteiger charge is -2.33. The fourth-order valence-corrected chi connectivity index (χ4v) is 4.27. The number of carbonyl (C=O) groups excluding carboxylic acids is 1. The number of nitrogens with one attached hydrogen (secondary N) is 1. The molecule has 1 aromatic heterocycles. The van der Waals surface area contributed by atoms with Gasteiger partial charge in [-0.2, -0.15) is 0 Å². The van der Waals surface area contributed by atoms with Crippen LogP contribution in [0.1, 0.15) is 31.1 Å². The molecule has 21 heavy (non-hydrogen) atoms. The van der Waals surface area contributed by atoms with Crippen LogP contribution in [0.25, 0.3) is 0 Å². The Labute approximate surface area is 136 Å². The average Bonchev–Trinajstić information content (AvgIpc) is 3.05. The van der Waals surface area contributed by atoms with Gasteiger partial charge in [0, 0.05) is 18.0 Å². The van der Waals surface area contributed by atoms with Crippen molar-refractivity contribution in [2.45, 2.75) is 38.1 Å². The molecule has 2 rings (SSSR count). The number of hydrogen-bond acceptors (Lipinski definition) is 3. The summed E-state index contributed by atoms with van der Waals surface area (Å²) in [7, 11) is 0. The molecule has 0 aromatic carbocycles. The molecule has 2 amide bonds. The summed E-state index contributed by atoms with van der Waals surface area (Å²) in [6, 6.07) is 3.73. The highest BCUT2D eigenvalue weighted by Crippen LogP contribution is 2.32. The summed E-state index contributed by atoms with van der Waals surface area (Å²) in [6.07, 6.45) is 2.46. The zero-order chi connectivity index (χ0) is 15.5. The number of aliphatic carboxylic acids is 1. The van der Waals surface area contributed by atoms with Crippen molar-refractivity contribution in [3.63, 3.8) is 0 Å². The third-order valence-corrected chi connectivity index (χ3v) is 5.68. The summed E-state index contributed by atoms with van der Waals surface area (Å²) in [5.41, 5.74) is -1.03. The number of carboxylic acid groups (broad SMARTS) is 1. The predicted molar refractivity (Wildman–Crippen MR) is 85.7 cm³/mol. The number of thiophene rings is 1. The van der Waals surface area contributed by atoms with Gasteiger partial charge in [0.25, 0.3) is 0 Å². The lowest BCUT2D eigenvalue weighted by molar-refractivity contribution is -0.148. The molecular weight excluding hydrogens is 356 g/mol. The number of carboxylic acids is 1. The highest BCUT2D eigenvalue weighted by Gasteiger charge is 2.48. The van der Waals surface area contributed by atoms with Gasteiger partial charge in [0.15, 0.2) is 0 Å². The second-order valence-corrected chi connectivity index (χ2v) is 7.68. The normalized spacial score (nSPS) is 21.5. The van der Waals surface area contributed by atoms with Gasteiger partial charge in [-0.15, -0.1) is 11.3 Å². The summed E-state index contributed by atoms with van der Waals surface area (Å²) in [5.74, 6) is -0.903. The largest absolute Gasteiger partial charge is 0.479 e. The highest BCUT2D eigenvalue weighted by atomic mass is 79.9. The molecule has 0 saturated carbocycles. The molecule has 116 valence electrons. The van der Waals surface area contributed by atoms with Gasteiger partial charge in [-0.1, -0.05) is 6.92 Å². The van der Waals surface area contributed by atoms with E-state index in [0.29, 0.717) is 25.9 Å². The molecule has 2 heterocycles. The first-order valence-electron chi connectivity index (χ1n) is 7.02. The first-order chi connectivity index (χ1) is 9.99. The summed E-state index contributed by atoms with van der Waals surface area (Å²) in [5, 5.41) is 12.3. The minimum atomic E-state index is -1.03. The number of amides is 2. The molecule has 1 aliphatic heterocycles. The standard InChI is InChI=1S/C14H19BrN2O3S/c1-2-14(12(18)19)7-3-9-17(14)13(20)16-8-6-10-4-5-11(15)21-10/h4-5H,2-3,6-9H2,1H3,(H,16,20)(H,18,19). The zero-order valence-electron chi connectivity index (χ0n) is 11.9. The lowest BCUT2D eigenvalue weighted by Crippen LogP contribution is -2.55. The van der Waals surface area contributed by atoms with Crippen molar-refractivity contribution in [1.82, 2.24) is 10.2 Å². The minimum Gasteiger partial charge on any atom is -0.479 e. The number of likely N-dealkylation sites (tertiary alicyclic amines) is 1. The Bertz CT molecular complexity index is 534. The molecule has 2 N–H and O–H groups in total. The van der Waals surface area contributed by atoms with Gasteiger partial charge in [-0.05, 0) is 53.7 Å². The summed E-state index contributed by atoms with van der Waals surface area (Å²) in [6.45, 7) is 2.85. The van der Waals surface area contributed by atoms with Crippen molar-refractivity contribution in [1.29, 1.82) is 0 Å². The van der Waals surface area contributed by atoms with E-state index in [0.717, 1.165) is 16.6 Å². The van der Waals surface area contributed by atoms with E-state index in [1.165, 1.54) is 9.78 Å². The van der Waals surface area contributed by atoms with Crippen LogP contribution in [-0.4, -0.2) is 40.6 Å². The molecule has 5 nitrogen and oxygen atoms in total. The third-order valence-electron chi connectivity index (χ3n) is 3.99. The SMILES string of the molecule is CCC1(C(=O)O)CCCN1C(=O)NCCc1ccc(Br)s1. The van der Waals surface area contributed by atoms with Crippen LogP contribution in [0.5, 0.6) is 0 Å². The fourth-order valence-electron chi connectivity index (χ4n) is 2.79. The molecule has 1 aromatic rings. The van der Waals surface area contributed by atoms with E-state index in [2.05, 4.69) is 21.2 Å². The Morgan fingerprint density at radius 2 is 2.29 bits per heavy atom. The summed E-state index contributed by atoms with van der Waals surface area (Å²) in [4.78, 5) is 26.5. The molecule has 0 aliphatic carbocycles. The fraction of sp³-hybridized carbons (Fsp3) is 0.571.